The van der Waals surface area contributed by atoms with Gasteiger partial charge in [-0.15, -0.1) is 0 Å². The zero-order chi connectivity index (χ0) is 14.3. The quantitative estimate of drug-likeness (QED) is 0.785. The van der Waals surface area contributed by atoms with Gasteiger partial charge in [-0.25, -0.2) is 9.78 Å². The van der Waals surface area contributed by atoms with Crippen molar-refractivity contribution in [2.24, 2.45) is 0 Å². The minimum absolute atomic E-state index is 0.0912. The number of imidazole rings is 1. The molecule has 20 heavy (non-hydrogen) atoms. The molecule has 7 nitrogen and oxygen atoms in total. The fourth-order valence-corrected chi connectivity index (χ4v) is 2.43. The number of aromatic carboxylic acids is 1. The zero-order valence-electron chi connectivity index (χ0n) is 10.4. The molecule has 2 heterocycles. The Balaban J connectivity index is 2.09. The summed E-state index contributed by atoms with van der Waals surface area (Å²) >= 11 is 0. The maximum absolute atomic E-state index is 11.9. The standard InChI is InChI=1S/C13H11N3O4/c17-10-5-4-9(12(18)15-10)16-6-14-11-7(13(19)20)2-1-3-8(11)16/h1-3,6,9H,4-5H2,(H,19,20)(H,15,17,18). The second kappa shape index (κ2) is 4.44. The average Bonchev–Trinajstić information content (AvgIpc) is 2.82. The number of amides is 2. The van der Waals surface area contributed by atoms with Crippen LogP contribution in [0.25, 0.3) is 11.0 Å². The molecule has 0 spiro atoms. The molecule has 2 N–H and O–H groups in total. The molecule has 7 heteroatoms. The largest absolute Gasteiger partial charge is 0.478 e. The zero-order valence-corrected chi connectivity index (χ0v) is 10.4. The number of piperidine rings is 1. The summed E-state index contributed by atoms with van der Waals surface area (Å²) in [4.78, 5) is 38.3. The number of carbonyl (C=O) groups is 3. The van der Waals surface area contributed by atoms with E-state index in [1.807, 2.05) is 0 Å². The van der Waals surface area contributed by atoms with Gasteiger partial charge in [0.1, 0.15) is 11.6 Å². The molecule has 1 fully saturated rings. The first kappa shape index (κ1) is 12.3. The summed E-state index contributed by atoms with van der Waals surface area (Å²) in [5, 5.41) is 11.4. The topological polar surface area (TPSA) is 101 Å². The Labute approximate surface area is 113 Å². The number of rotatable bonds is 2. The SMILES string of the molecule is O=C1CCC(n2cnc3c(C(=O)O)cccc32)C(=O)N1. The molecule has 1 atom stereocenters. The minimum atomic E-state index is -1.07. The molecule has 1 aromatic heterocycles. The lowest BCUT2D eigenvalue weighted by Gasteiger charge is -2.22. The second-order valence-corrected chi connectivity index (χ2v) is 4.60. The normalized spacial score (nSPS) is 19.1. The smallest absolute Gasteiger partial charge is 0.337 e. The summed E-state index contributed by atoms with van der Waals surface area (Å²) in [6.07, 6.45) is 2.08. The Hall–Kier alpha value is -2.70. The number of nitrogens with one attached hydrogen (secondary N) is 1. The predicted octanol–water partition coefficient (Wildman–Crippen LogP) is 0.712. The van der Waals surface area contributed by atoms with Crippen LogP contribution in [-0.2, 0) is 9.59 Å². The number of fused-ring (bicyclic) bond motifs is 1. The number of para-hydroxylation sites is 1. The van der Waals surface area contributed by atoms with Crippen molar-refractivity contribution in [3.8, 4) is 0 Å². The summed E-state index contributed by atoms with van der Waals surface area (Å²) in [7, 11) is 0. The van der Waals surface area contributed by atoms with E-state index in [0.717, 1.165) is 0 Å². The molecular weight excluding hydrogens is 262 g/mol. The van der Waals surface area contributed by atoms with Crippen molar-refractivity contribution < 1.29 is 19.5 Å². The highest BCUT2D eigenvalue weighted by atomic mass is 16.4. The van der Waals surface area contributed by atoms with Crippen molar-refractivity contribution in [1.29, 1.82) is 0 Å². The Morgan fingerprint density at radius 3 is 2.90 bits per heavy atom. The number of carboxylic acids is 1. The number of carbonyl (C=O) groups excluding carboxylic acids is 2. The number of carboxylic acid groups (broad SMARTS) is 1. The van der Waals surface area contributed by atoms with Gasteiger partial charge in [0.25, 0.3) is 0 Å². The predicted molar refractivity (Wildman–Crippen MR) is 68.1 cm³/mol. The van der Waals surface area contributed by atoms with Crippen LogP contribution in [-0.4, -0.2) is 32.4 Å². The van der Waals surface area contributed by atoms with Crippen LogP contribution < -0.4 is 5.32 Å². The van der Waals surface area contributed by atoms with E-state index >= 15 is 0 Å². The van der Waals surface area contributed by atoms with Crippen molar-refractivity contribution >= 4 is 28.8 Å². The van der Waals surface area contributed by atoms with Gasteiger partial charge < -0.3 is 9.67 Å². The van der Waals surface area contributed by atoms with Crippen LogP contribution in [0, 0.1) is 0 Å². The van der Waals surface area contributed by atoms with Crippen LogP contribution in [0.2, 0.25) is 0 Å². The number of nitrogens with zero attached hydrogens (tertiary/aromatic N) is 2. The van der Waals surface area contributed by atoms with Gasteiger partial charge in [-0.1, -0.05) is 6.07 Å². The fraction of sp³-hybridized carbons (Fsp3) is 0.231. The Morgan fingerprint density at radius 2 is 2.20 bits per heavy atom. The minimum Gasteiger partial charge on any atom is -0.478 e. The van der Waals surface area contributed by atoms with E-state index < -0.39 is 12.0 Å². The van der Waals surface area contributed by atoms with Gasteiger partial charge in [0.15, 0.2) is 0 Å². The van der Waals surface area contributed by atoms with Gasteiger partial charge in [0, 0.05) is 6.42 Å². The van der Waals surface area contributed by atoms with E-state index in [1.54, 1.807) is 16.7 Å². The molecule has 1 aromatic carbocycles. The highest BCUT2D eigenvalue weighted by Gasteiger charge is 2.29. The average molecular weight is 273 g/mol. The van der Waals surface area contributed by atoms with Crippen LogP contribution >= 0.6 is 0 Å². The molecule has 1 aliphatic heterocycles. The molecule has 2 amide bonds. The van der Waals surface area contributed by atoms with Crippen molar-refractivity contribution in [3.05, 3.63) is 30.1 Å². The molecule has 2 aromatic rings. The van der Waals surface area contributed by atoms with E-state index in [9.17, 15) is 14.4 Å². The number of imide groups is 1. The summed E-state index contributed by atoms with van der Waals surface area (Å²) in [5.74, 6) is -1.74. The number of hydrogen-bond acceptors (Lipinski definition) is 4. The van der Waals surface area contributed by atoms with Crippen molar-refractivity contribution in [1.82, 2.24) is 14.9 Å². The van der Waals surface area contributed by atoms with Crippen LogP contribution in [0.1, 0.15) is 29.2 Å². The van der Waals surface area contributed by atoms with E-state index in [-0.39, 0.29) is 23.8 Å². The highest BCUT2D eigenvalue weighted by Crippen LogP contribution is 2.25. The van der Waals surface area contributed by atoms with Gasteiger partial charge in [0.2, 0.25) is 11.8 Å². The van der Waals surface area contributed by atoms with Gasteiger partial charge in [0.05, 0.1) is 17.4 Å². The van der Waals surface area contributed by atoms with Crippen molar-refractivity contribution in [2.75, 3.05) is 0 Å². The maximum atomic E-state index is 11.9. The molecule has 0 bridgehead atoms. The molecule has 0 aliphatic carbocycles. The highest BCUT2D eigenvalue weighted by molar-refractivity contribution is 6.02. The number of aromatic nitrogens is 2. The van der Waals surface area contributed by atoms with Crippen LogP contribution in [0.4, 0.5) is 0 Å². The first-order valence-corrected chi connectivity index (χ1v) is 6.10. The van der Waals surface area contributed by atoms with Crippen molar-refractivity contribution in [2.45, 2.75) is 18.9 Å². The lowest BCUT2D eigenvalue weighted by Crippen LogP contribution is -2.41. The molecule has 102 valence electrons. The second-order valence-electron chi connectivity index (χ2n) is 4.60. The summed E-state index contributed by atoms with van der Waals surface area (Å²) in [6.45, 7) is 0. The van der Waals surface area contributed by atoms with Crippen LogP contribution in [0.15, 0.2) is 24.5 Å². The van der Waals surface area contributed by atoms with Gasteiger partial charge in [-0.3, -0.25) is 14.9 Å². The molecule has 1 unspecified atom stereocenters. The van der Waals surface area contributed by atoms with Gasteiger partial charge in [-0.05, 0) is 18.6 Å². The van der Waals surface area contributed by atoms with Crippen LogP contribution in [0.5, 0.6) is 0 Å². The summed E-state index contributed by atoms with van der Waals surface area (Å²) in [6, 6.07) is 4.24. The summed E-state index contributed by atoms with van der Waals surface area (Å²) in [5.41, 5.74) is 0.998. The number of benzene rings is 1. The Kier molecular flexibility index (Phi) is 2.74. The first-order valence-electron chi connectivity index (χ1n) is 6.10. The Morgan fingerprint density at radius 1 is 1.40 bits per heavy atom. The van der Waals surface area contributed by atoms with E-state index in [0.29, 0.717) is 17.5 Å². The fourth-order valence-electron chi connectivity index (χ4n) is 2.43. The van der Waals surface area contributed by atoms with E-state index in [4.69, 9.17) is 5.11 Å². The summed E-state index contributed by atoms with van der Waals surface area (Å²) < 4.78 is 1.61. The monoisotopic (exact) mass is 273 g/mol. The lowest BCUT2D eigenvalue weighted by atomic mass is 10.1. The third-order valence-corrected chi connectivity index (χ3v) is 3.38. The maximum Gasteiger partial charge on any atom is 0.337 e. The van der Waals surface area contributed by atoms with E-state index in [2.05, 4.69) is 10.3 Å². The van der Waals surface area contributed by atoms with E-state index in [1.165, 1.54) is 12.4 Å². The first-order chi connectivity index (χ1) is 9.58. The third kappa shape index (κ3) is 1.83. The molecule has 0 saturated carbocycles. The molecule has 1 aliphatic rings. The van der Waals surface area contributed by atoms with Gasteiger partial charge in [-0.2, -0.15) is 0 Å². The third-order valence-electron chi connectivity index (χ3n) is 3.38. The van der Waals surface area contributed by atoms with Crippen LogP contribution in [0.3, 0.4) is 0 Å². The Bertz CT molecular complexity index is 734. The molecular formula is C13H11N3O4. The number of hydrogen-bond donors (Lipinski definition) is 2. The van der Waals surface area contributed by atoms with Crippen molar-refractivity contribution in [3.63, 3.8) is 0 Å². The van der Waals surface area contributed by atoms with Gasteiger partial charge >= 0.3 is 5.97 Å². The lowest BCUT2D eigenvalue weighted by molar-refractivity contribution is -0.135. The molecule has 1 saturated heterocycles. The molecule has 3 rings (SSSR count). The molecule has 0 radical (unpaired) electrons.